The quantitative estimate of drug-likeness (QED) is 0.734. The molecule has 0 saturated heterocycles. The Morgan fingerprint density at radius 2 is 1.56 bits per heavy atom. The number of imidazole rings is 1. The smallest absolute Gasteiger partial charge is 0.324 e. The molecule has 0 radical (unpaired) electrons. The van der Waals surface area contributed by atoms with Crippen molar-refractivity contribution in [1.29, 1.82) is 0 Å². The Bertz CT molecular complexity index is 1120. The maximum Gasteiger partial charge on any atom is 0.329 e. The number of amides is 2. The van der Waals surface area contributed by atoms with Crippen LogP contribution in [-0.2, 0) is 23.2 Å². The van der Waals surface area contributed by atoms with Crippen molar-refractivity contribution in [3.8, 4) is 0 Å². The highest BCUT2D eigenvalue weighted by Crippen LogP contribution is 2.25. The van der Waals surface area contributed by atoms with Crippen molar-refractivity contribution in [3.63, 3.8) is 0 Å². The molecule has 0 aliphatic heterocycles. The summed E-state index contributed by atoms with van der Waals surface area (Å²) in [5.41, 5.74) is 0.635. The van der Waals surface area contributed by atoms with Crippen molar-refractivity contribution in [1.82, 2.24) is 9.13 Å². The number of aromatic nitrogens is 2. The van der Waals surface area contributed by atoms with Gasteiger partial charge in [-0.25, -0.2) is 13.6 Å². The molecule has 3 rings (SSSR count). The number of anilines is 2. The molecule has 1 aromatic heterocycles. The molecule has 0 bridgehead atoms. The van der Waals surface area contributed by atoms with Crippen LogP contribution in [0, 0.1) is 11.6 Å². The van der Waals surface area contributed by atoms with Crippen LogP contribution in [0.1, 0.15) is 6.92 Å². The fourth-order valence-corrected chi connectivity index (χ4v) is 2.79. The van der Waals surface area contributed by atoms with Gasteiger partial charge in [-0.1, -0.05) is 12.1 Å². The molecule has 27 heavy (non-hydrogen) atoms. The van der Waals surface area contributed by atoms with E-state index < -0.39 is 29.1 Å². The summed E-state index contributed by atoms with van der Waals surface area (Å²) in [7, 11) is 1.59. The fraction of sp³-hybridized carbons (Fsp3) is 0.167. The van der Waals surface area contributed by atoms with Gasteiger partial charge in [-0.3, -0.25) is 18.7 Å². The molecule has 1 heterocycles. The Kier molecular flexibility index (Phi) is 4.76. The number of nitrogens with zero attached hydrogens (tertiary/aromatic N) is 2. The van der Waals surface area contributed by atoms with Gasteiger partial charge in [-0.2, -0.15) is 0 Å². The van der Waals surface area contributed by atoms with Crippen molar-refractivity contribution >= 4 is 34.2 Å². The number of rotatable bonds is 4. The van der Waals surface area contributed by atoms with Gasteiger partial charge in [-0.05, 0) is 12.1 Å². The highest BCUT2D eigenvalue weighted by Gasteiger charge is 2.16. The molecular formula is C18H16F2N4O3. The number of carbonyl (C=O) groups excluding carboxylic acids is 2. The lowest BCUT2D eigenvalue weighted by molar-refractivity contribution is -0.117. The van der Waals surface area contributed by atoms with Crippen molar-refractivity contribution < 1.29 is 18.4 Å². The van der Waals surface area contributed by atoms with Crippen LogP contribution in [0.2, 0.25) is 0 Å². The van der Waals surface area contributed by atoms with Gasteiger partial charge in [0.25, 0.3) is 0 Å². The highest BCUT2D eigenvalue weighted by atomic mass is 19.2. The first-order valence-corrected chi connectivity index (χ1v) is 7.98. The zero-order chi connectivity index (χ0) is 19.7. The summed E-state index contributed by atoms with van der Waals surface area (Å²) in [5.74, 6) is -3.49. The standard InChI is InChI=1S/C18H16F2N4O3/c1-10(25)21-13-7-11(19)12(20)8-14(13)22-17(26)9-24-16-6-4-3-5-15(16)23(2)18(24)27/h3-8H,9H2,1-2H3,(H,21,25)(H,22,26). The molecule has 0 aliphatic rings. The molecule has 7 nitrogen and oxygen atoms in total. The first kappa shape index (κ1) is 18.3. The van der Waals surface area contributed by atoms with Crippen LogP contribution in [-0.4, -0.2) is 20.9 Å². The fourth-order valence-electron chi connectivity index (χ4n) is 2.79. The van der Waals surface area contributed by atoms with Crippen LogP contribution in [0.25, 0.3) is 11.0 Å². The van der Waals surface area contributed by atoms with E-state index in [1.807, 2.05) is 0 Å². The van der Waals surface area contributed by atoms with E-state index >= 15 is 0 Å². The molecule has 0 saturated carbocycles. The second-order valence-corrected chi connectivity index (χ2v) is 5.96. The lowest BCUT2D eigenvalue weighted by Gasteiger charge is -2.12. The third-order valence-corrected chi connectivity index (χ3v) is 4.00. The van der Waals surface area contributed by atoms with Gasteiger partial charge < -0.3 is 10.6 Å². The summed E-state index contributed by atoms with van der Waals surface area (Å²) >= 11 is 0. The van der Waals surface area contributed by atoms with E-state index in [9.17, 15) is 23.2 Å². The number of halogens is 2. The zero-order valence-corrected chi connectivity index (χ0v) is 14.5. The van der Waals surface area contributed by atoms with Gasteiger partial charge in [0.1, 0.15) is 6.54 Å². The van der Waals surface area contributed by atoms with Crippen LogP contribution in [0.4, 0.5) is 20.2 Å². The van der Waals surface area contributed by atoms with E-state index in [1.165, 1.54) is 16.1 Å². The molecule has 9 heteroatoms. The predicted octanol–water partition coefficient (Wildman–Crippen LogP) is 2.22. The number of benzene rings is 2. The van der Waals surface area contributed by atoms with Crippen molar-refractivity contribution in [2.75, 3.05) is 10.6 Å². The Morgan fingerprint density at radius 1 is 1.00 bits per heavy atom. The van der Waals surface area contributed by atoms with E-state index in [2.05, 4.69) is 10.6 Å². The molecule has 3 aromatic rings. The Labute approximate surface area is 152 Å². The van der Waals surface area contributed by atoms with Crippen molar-refractivity contribution in [2.24, 2.45) is 7.05 Å². The van der Waals surface area contributed by atoms with Gasteiger partial charge >= 0.3 is 5.69 Å². The predicted molar refractivity (Wildman–Crippen MR) is 96.5 cm³/mol. The number of nitrogens with one attached hydrogen (secondary N) is 2. The third kappa shape index (κ3) is 3.57. The van der Waals surface area contributed by atoms with Gasteiger partial charge in [0.05, 0.1) is 22.4 Å². The minimum absolute atomic E-state index is 0.0833. The maximum absolute atomic E-state index is 13.6. The van der Waals surface area contributed by atoms with Crippen molar-refractivity contribution in [3.05, 3.63) is 58.5 Å². The highest BCUT2D eigenvalue weighted by molar-refractivity contribution is 5.99. The normalized spacial score (nSPS) is 10.8. The SMILES string of the molecule is CC(=O)Nc1cc(F)c(F)cc1NC(=O)Cn1c(=O)n(C)c2ccccc21. The van der Waals surface area contributed by atoms with E-state index in [0.29, 0.717) is 11.0 Å². The molecular weight excluding hydrogens is 358 g/mol. The van der Waals surface area contributed by atoms with E-state index in [-0.39, 0.29) is 17.9 Å². The number of carbonyl (C=O) groups is 2. The number of aryl methyl sites for hydroxylation is 1. The third-order valence-electron chi connectivity index (χ3n) is 4.00. The Hall–Kier alpha value is -3.49. The van der Waals surface area contributed by atoms with Gasteiger partial charge in [0.2, 0.25) is 11.8 Å². The van der Waals surface area contributed by atoms with Crippen molar-refractivity contribution in [2.45, 2.75) is 13.5 Å². The Balaban J connectivity index is 1.91. The number of hydrogen-bond donors (Lipinski definition) is 2. The van der Waals surface area contributed by atoms with Crippen LogP contribution >= 0.6 is 0 Å². The van der Waals surface area contributed by atoms with E-state index in [4.69, 9.17) is 0 Å². The molecule has 0 spiro atoms. The molecule has 140 valence electrons. The van der Waals surface area contributed by atoms with E-state index in [0.717, 1.165) is 12.1 Å². The van der Waals surface area contributed by atoms with Gasteiger partial charge in [-0.15, -0.1) is 0 Å². The molecule has 2 N–H and O–H groups in total. The second kappa shape index (κ2) is 7.02. The molecule has 0 unspecified atom stereocenters. The lowest BCUT2D eigenvalue weighted by atomic mass is 10.2. The monoisotopic (exact) mass is 374 g/mol. The summed E-state index contributed by atoms with van der Waals surface area (Å²) in [5, 5.41) is 4.73. The van der Waals surface area contributed by atoms with Crippen LogP contribution in [0.3, 0.4) is 0 Å². The summed E-state index contributed by atoms with van der Waals surface area (Å²) in [4.78, 5) is 36.0. The summed E-state index contributed by atoms with van der Waals surface area (Å²) < 4.78 is 29.7. The van der Waals surface area contributed by atoms with Gasteiger partial charge in [0.15, 0.2) is 11.6 Å². The molecule has 0 fully saturated rings. The average Bonchev–Trinajstić information content (AvgIpc) is 2.84. The second-order valence-electron chi connectivity index (χ2n) is 5.96. The maximum atomic E-state index is 13.6. The average molecular weight is 374 g/mol. The minimum Gasteiger partial charge on any atom is -0.324 e. The first-order valence-electron chi connectivity index (χ1n) is 7.98. The van der Waals surface area contributed by atoms with Gasteiger partial charge in [0, 0.05) is 26.1 Å². The summed E-state index contributed by atoms with van der Waals surface area (Å²) in [6.45, 7) is 0.862. The lowest BCUT2D eigenvalue weighted by Crippen LogP contribution is -2.28. The minimum atomic E-state index is -1.18. The summed E-state index contributed by atoms with van der Waals surface area (Å²) in [6, 6.07) is 8.49. The van der Waals surface area contributed by atoms with Crippen LogP contribution < -0.4 is 16.3 Å². The molecule has 2 amide bonds. The zero-order valence-electron chi connectivity index (χ0n) is 14.5. The largest absolute Gasteiger partial charge is 0.329 e. The summed E-state index contributed by atoms with van der Waals surface area (Å²) in [6.07, 6.45) is 0. The first-order chi connectivity index (χ1) is 12.8. The topological polar surface area (TPSA) is 85.1 Å². The molecule has 2 aromatic carbocycles. The number of fused-ring (bicyclic) bond motifs is 1. The van der Waals surface area contributed by atoms with E-state index in [1.54, 1.807) is 31.3 Å². The van der Waals surface area contributed by atoms with Crippen LogP contribution in [0.5, 0.6) is 0 Å². The van der Waals surface area contributed by atoms with Crippen LogP contribution in [0.15, 0.2) is 41.2 Å². The molecule has 0 aliphatic carbocycles. The Morgan fingerprint density at radius 3 is 2.15 bits per heavy atom. The molecule has 0 atom stereocenters. The number of para-hydroxylation sites is 2. The number of hydrogen-bond acceptors (Lipinski definition) is 3.